The highest BCUT2D eigenvalue weighted by molar-refractivity contribution is 5.78. The molecule has 2 aromatic carbocycles. The summed E-state index contributed by atoms with van der Waals surface area (Å²) in [6, 6.07) is 19.9. The van der Waals surface area contributed by atoms with Crippen molar-refractivity contribution in [2.45, 2.75) is 31.8 Å². The quantitative estimate of drug-likeness (QED) is 0.733. The number of oxazole rings is 1. The van der Waals surface area contributed by atoms with Crippen LogP contribution in [0.4, 0.5) is 0 Å². The van der Waals surface area contributed by atoms with Crippen molar-refractivity contribution in [3.63, 3.8) is 0 Å². The Morgan fingerprint density at radius 1 is 1.00 bits per heavy atom. The lowest BCUT2D eigenvalue weighted by atomic mass is 10.1. The normalized spacial score (nSPS) is 15.0. The number of carbonyl (C=O) groups excluding carboxylic acids is 1. The number of hydrogen-bond acceptors (Lipinski definition) is 4. The molecule has 1 amide bonds. The van der Waals surface area contributed by atoms with E-state index in [-0.39, 0.29) is 12.0 Å². The molecule has 1 saturated heterocycles. The number of aliphatic hydroxyl groups is 1. The largest absolute Gasteiger partial charge is 0.440 e. The van der Waals surface area contributed by atoms with E-state index < -0.39 is 0 Å². The van der Waals surface area contributed by atoms with Crippen LogP contribution >= 0.6 is 0 Å². The first-order chi connectivity index (χ1) is 13.7. The van der Waals surface area contributed by atoms with E-state index in [0.29, 0.717) is 44.7 Å². The monoisotopic (exact) mass is 376 g/mol. The Bertz CT molecular complexity index is 857. The Labute approximate surface area is 164 Å². The second-order valence-corrected chi connectivity index (χ2v) is 7.13. The molecule has 5 heteroatoms. The number of aliphatic hydroxyl groups excluding tert-OH is 1. The molecular weight excluding hydrogens is 352 g/mol. The molecule has 1 fully saturated rings. The Kier molecular flexibility index (Phi) is 5.53. The Balaban J connectivity index is 1.53. The molecule has 2 heterocycles. The lowest BCUT2D eigenvalue weighted by Crippen LogP contribution is -2.40. The molecule has 3 aromatic rings. The van der Waals surface area contributed by atoms with Gasteiger partial charge in [0.25, 0.3) is 0 Å². The Hall–Kier alpha value is -2.92. The maximum atomic E-state index is 12.5. The van der Waals surface area contributed by atoms with Gasteiger partial charge in [-0.3, -0.25) is 4.79 Å². The highest BCUT2D eigenvalue weighted by Crippen LogP contribution is 2.32. The molecule has 1 aromatic heterocycles. The van der Waals surface area contributed by atoms with Gasteiger partial charge in [-0.05, 0) is 12.8 Å². The first-order valence-corrected chi connectivity index (χ1v) is 9.77. The molecule has 1 aliphatic rings. The van der Waals surface area contributed by atoms with Crippen LogP contribution in [0.1, 0.15) is 25.2 Å². The number of amides is 1. The van der Waals surface area contributed by atoms with Crippen molar-refractivity contribution >= 4 is 5.91 Å². The van der Waals surface area contributed by atoms with Crippen LogP contribution in [0.3, 0.4) is 0 Å². The smallest absolute Gasteiger partial charge is 0.223 e. The fourth-order valence-corrected chi connectivity index (χ4v) is 3.54. The first-order valence-electron chi connectivity index (χ1n) is 9.77. The molecule has 0 atom stereocenters. The van der Waals surface area contributed by atoms with E-state index in [1.165, 1.54) is 0 Å². The number of nitrogens with zero attached hydrogens (tertiary/aromatic N) is 2. The standard InChI is InChI=1S/C23H24N2O3/c26-19-13-15-25(16-14-19)21(27)12-11-20-24-22(17-7-3-1-4-8-17)23(28-20)18-9-5-2-6-10-18/h1-10,19,26H,11-16H2. The summed E-state index contributed by atoms with van der Waals surface area (Å²) < 4.78 is 6.09. The highest BCUT2D eigenvalue weighted by Gasteiger charge is 2.22. The van der Waals surface area contributed by atoms with Crippen LogP contribution in [-0.2, 0) is 11.2 Å². The zero-order chi connectivity index (χ0) is 19.3. The number of rotatable bonds is 5. The summed E-state index contributed by atoms with van der Waals surface area (Å²) in [5, 5.41) is 9.60. The summed E-state index contributed by atoms with van der Waals surface area (Å²) in [5.74, 6) is 1.39. The number of aryl methyl sites for hydroxylation is 1. The molecule has 0 radical (unpaired) electrons. The van der Waals surface area contributed by atoms with Crippen molar-refractivity contribution in [1.29, 1.82) is 0 Å². The topological polar surface area (TPSA) is 66.6 Å². The molecule has 0 bridgehead atoms. The predicted octanol–water partition coefficient (Wildman–Crippen LogP) is 3.92. The van der Waals surface area contributed by atoms with Gasteiger partial charge in [-0.2, -0.15) is 0 Å². The van der Waals surface area contributed by atoms with Gasteiger partial charge >= 0.3 is 0 Å². The highest BCUT2D eigenvalue weighted by atomic mass is 16.4. The van der Waals surface area contributed by atoms with Gasteiger partial charge in [-0.1, -0.05) is 60.7 Å². The number of aromatic nitrogens is 1. The SMILES string of the molecule is O=C(CCc1nc(-c2ccccc2)c(-c2ccccc2)o1)N1CCC(O)CC1. The molecule has 0 saturated carbocycles. The first kappa shape index (κ1) is 18.4. The number of likely N-dealkylation sites (tertiary alicyclic amines) is 1. The Morgan fingerprint density at radius 2 is 1.61 bits per heavy atom. The summed E-state index contributed by atoms with van der Waals surface area (Å²) >= 11 is 0. The summed E-state index contributed by atoms with van der Waals surface area (Å²) in [5.41, 5.74) is 2.76. The number of benzene rings is 2. The molecule has 0 unspecified atom stereocenters. The molecule has 0 aliphatic carbocycles. The van der Waals surface area contributed by atoms with Crippen LogP contribution in [0.2, 0.25) is 0 Å². The van der Waals surface area contributed by atoms with Crippen molar-refractivity contribution in [3.05, 3.63) is 66.6 Å². The van der Waals surface area contributed by atoms with Gasteiger partial charge in [0.1, 0.15) is 5.69 Å². The molecule has 4 rings (SSSR count). The van der Waals surface area contributed by atoms with Crippen LogP contribution in [0, 0.1) is 0 Å². The van der Waals surface area contributed by atoms with Gasteiger partial charge in [-0.25, -0.2) is 4.98 Å². The van der Waals surface area contributed by atoms with E-state index in [2.05, 4.69) is 0 Å². The van der Waals surface area contributed by atoms with Gasteiger partial charge < -0.3 is 14.4 Å². The number of hydrogen-bond donors (Lipinski definition) is 1. The van der Waals surface area contributed by atoms with Gasteiger partial charge in [0.05, 0.1) is 6.10 Å². The fraction of sp³-hybridized carbons (Fsp3) is 0.304. The predicted molar refractivity (Wildman–Crippen MR) is 108 cm³/mol. The summed E-state index contributed by atoms with van der Waals surface area (Å²) in [6.07, 6.45) is 1.85. The molecule has 5 nitrogen and oxygen atoms in total. The molecule has 1 aliphatic heterocycles. The molecular formula is C23H24N2O3. The Morgan fingerprint density at radius 3 is 2.25 bits per heavy atom. The van der Waals surface area contributed by atoms with E-state index >= 15 is 0 Å². The zero-order valence-corrected chi connectivity index (χ0v) is 15.8. The number of carbonyl (C=O) groups is 1. The van der Waals surface area contributed by atoms with Crippen LogP contribution in [0.15, 0.2) is 65.1 Å². The lowest BCUT2D eigenvalue weighted by molar-refractivity contribution is -0.133. The average molecular weight is 376 g/mol. The summed E-state index contributed by atoms with van der Waals surface area (Å²) in [4.78, 5) is 19.0. The number of piperidine rings is 1. The third-order valence-electron chi connectivity index (χ3n) is 5.12. The lowest BCUT2D eigenvalue weighted by Gasteiger charge is -2.29. The fourth-order valence-electron chi connectivity index (χ4n) is 3.54. The van der Waals surface area contributed by atoms with Gasteiger partial charge in [0.15, 0.2) is 11.7 Å². The maximum absolute atomic E-state index is 12.5. The molecule has 1 N–H and O–H groups in total. The summed E-state index contributed by atoms with van der Waals surface area (Å²) in [7, 11) is 0. The minimum absolute atomic E-state index is 0.0904. The molecule has 28 heavy (non-hydrogen) atoms. The second kappa shape index (κ2) is 8.40. The zero-order valence-electron chi connectivity index (χ0n) is 15.8. The minimum atomic E-state index is -0.280. The van der Waals surface area contributed by atoms with Gasteiger partial charge in [-0.15, -0.1) is 0 Å². The van der Waals surface area contributed by atoms with Crippen LogP contribution < -0.4 is 0 Å². The van der Waals surface area contributed by atoms with E-state index in [1.807, 2.05) is 65.6 Å². The third-order valence-corrected chi connectivity index (χ3v) is 5.12. The van der Waals surface area contributed by atoms with Crippen molar-refractivity contribution < 1.29 is 14.3 Å². The molecule has 0 spiro atoms. The molecule has 144 valence electrons. The van der Waals surface area contributed by atoms with Crippen molar-refractivity contribution in [2.24, 2.45) is 0 Å². The average Bonchev–Trinajstić information content (AvgIpc) is 3.18. The van der Waals surface area contributed by atoms with Crippen molar-refractivity contribution in [1.82, 2.24) is 9.88 Å². The van der Waals surface area contributed by atoms with E-state index in [1.54, 1.807) is 0 Å². The third kappa shape index (κ3) is 4.15. The van der Waals surface area contributed by atoms with E-state index in [4.69, 9.17) is 9.40 Å². The van der Waals surface area contributed by atoms with Crippen LogP contribution in [0.25, 0.3) is 22.6 Å². The van der Waals surface area contributed by atoms with E-state index in [0.717, 1.165) is 22.6 Å². The van der Waals surface area contributed by atoms with Crippen molar-refractivity contribution in [2.75, 3.05) is 13.1 Å². The van der Waals surface area contributed by atoms with Crippen molar-refractivity contribution in [3.8, 4) is 22.6 Å². The summed E-state index contributed by atoms with van der Waals surface area (Å²) in [6.45, 7) is 1.24. The van der Waals surface area contributed by atoms with E-state index in [9.17, 15) is 9.90 Å². The van der Waals surface area contributed by atoms with Gasteiger partial charge in [0, 0.05) is 37.1 Å². The second-order valence-electron chi connectivity index (χ2n) is 7.13. The van der Waals surface area contributed by atoms with Gasteiger partial charge in [0.2, 0.25) is 5.91 Å². The van der Waals surface area contributed by atoms with Crippen LogP contribution in [0.5, 0.6) is 0 Å². The maximum Gasteiger partial charge on any atom is 0.223 e. The minimum Gasteiger partial charge on any atom is -0.440 e. The van der Waals surface area contributed by atoms with Crippen LogP contribution in [-0.4, -0.2) is 40.1 Å².